The third kappa shape index (κ3) is 7.89. The Labute approximate surface area is 276 Å². The van der Waals surface area contributed by atoms with Gasteiger partial charge in [0.05, 0.1) is 18.2 Å². The number of nitrogens with one attached hydrogen (secondary N) is 3. The van der Waals surface area contributed by atoms with E-state index in [0.29, 0.717) is 53.2 Å². The van der Waals surface area contributed by atoms with Crippen molar-refractivity contribution >= 4 is 28.5 Å². The molecule has 11 heteroatoms. The molecule has 5 aromatic rings. The number of aromatic nitrogens is 1. The number of aliphatic carboxylic acids is 1. The SMILES string of the molecule is O=C(Nc1cccc(C(O)(C(=O)O)c2ccccc2)c1)c1ccc(OCCCCCNC[C@H](O)c2ccc(O)c3[nH]c(=O)ccc23)cc1. The highest BCUT2D eigenvalue weighted by Crippen LogP contribution is 2.32. The number of pyridine rings is 1. The van der Waals surface area contributed by atoms with E-state index in [4.69, 9.17) is 4.74 Å². The van der Waals surface area contributed by atoms with E-state index >= 15 is 0 Å². The number of carbonyl (C=O) groups is 2. The van der Waals surface area contributed by atoms with E-state index in [0.717, 1.165) is 19.3 Å². The van der Waals surface area contributed by atoms with Crippen LogP contribution >= 0.6 is 0 Å². The van der Waals surface area contributed by atoms with Gasteiger partial charge in [-0.25, -0.2) is 4.79 Å². The maximum atomic E-state index is 12.9. The molecule has 0 aliphatic carbocycles. The lowest BCUT2D eigenvalue weighted by atomic mass is 9.86. The molecular weight excluding hydrogens is 614 g/mol. The van der Waals surface area contributed by atoms with Crippen LogP contribution in [-0.2, 0) is 10.4 Å². The lowest BCUT2D eigenvalue weighted by molar-refractivity contribution is -0.155. The van der Waals surface area contributed by atoms with Crippen LogP contribution in [0.1, 0.15) is 52.4 Å². The minimum absolute atomic E-state index is 0.0487. The van der Waals surface area contributed by atoms with Crippen LogP contribution in [0.2, 0.25) is 0 Å². The minimum Gasteiger partial charge on any atom is -0.506 e. The first-order valence-electron chi connectivity index (χ1n) is 15.6. The van der Waals surface area contributed by atoms with Crippen molar-refractivity contribution in [3.63, 3.8) is 0 Å². The number of H-pyrrole nitrogens is 1. The fourth-order valence-corrected chi connectivity index (χ4v) is 5.44. The van der Waals surface area contributed by atoms with Gasteiger partial charge in [-0.2, -0.15) is 0 Å². The van der Waals surface area contributed by atoms with Gasteiger partial charge in [0.1, 0.15) is 11.5 Å². The molecule has 1 aromatic heterocycles. The van der Waals surface area contributed by atoms with E-state index in [1.54, 1.807) is 66.7 Å². The van der Waals surface area contributed by atoms with Crippen molar-refractivity contribution in [1.29, 1.82) is 0 Å². The molecular formula is C37H37N3O8. The fraction of sp³-hybridized carbons (Fsp3) is 0.216. The summed E-state index contributed by atoms with van der Waals surface area (Å²) >= 11 is 0. The van der Waals surface area contributed by atoms with E-state index < -0.39 is 23.6 Å². The minimum atomic E-state index is -2.28. The van der Waals surface area contributed by atoms with Gasteiger partial charge in [-0.1, -0.05) is 48.5 Å². The number of carboxylic acids is 1. The summed E-state index contributed by atoms with van der Waals surface area (Å²) in [6.45, 7) is 1.50. The number of unbranched alkanes of at least 4 members (excludes halogenated alkanes) is 2. The third-order valence-corrected chi connectivity index (χ3v) is 8.03. The molecule has 11 nitrogen and oxygen atoms in total. The Morgan fingerprint density at radius 3 is 2.35 bits per heavy atom. The smallest absolute Gasteiger partial charge is 0.345 e. The van der Waals surface area contributed by atoms with E-state index in [1.807, 2.05) is 0 Å². The Hall–Kier alpha value is -5.49. The number of rotatable bonds is 15. The zero-order valence-corrected chi connectivity index (χ0v) is 26.1. The second-order valence-corrected chi connectivity index (χ2v) is 11.4. The number of aliphatic hydroxyl groups is 2. The lowest BCUT2D eigenvalue weighted by Crippen LogP contribution is -2.36. The van der Waals surface area contributed by atoms with Gasteiger partial charge in [0.15, 0.2) is 0 Å². The number of carbonyl (C=O) groups excluding carboxylic acids is 1. The Bertz CT molecular complexity index is 1930. The van der Waals surface area contributed by atoms with Crippen molar-refractivity contribution < 1.29 is 34.8 Å². The summed E-state index contributed by atoms with van der Waals surface area (Å²) in [7, 11) is 0. The van der Waals surface area contributed by atoms with E-state index in [-0.39, 0.29) is 22.4 Å². The van der Waals surface area contributed by atoms with E-state index in [2.05, 4.69) is 15.6 Å². The second kappa shape index (κ2) is 15.4. The molecule has 0 aliphatic heterocycles. The zero-order chi connectivity index (χ0) is 34.1. The van der Waals surface area contributed by atoms with Crippen molar-refractivity contribution in [2.45, 2.75) is 31.0 Å². The normalized spacial score (nSPS) is 13.0. The number of hydrogen-bond acceptors (Lipinski definition) is 8. The molecule has 2 atom stereocenters. The Morgan fingerprint density at radius 1 is 0.854 bits per heavy atom. The van der Waals surface area contributed by atoms with Crippen LogP contribution < -0.4 is 20.9 Å². The Kier molecular flexibility index (Phi) is 10.9. The molecule has 0 aliphatic rings. The number of hydrogen-bond donors (Lipinski definition) is 7. The average Bonchev–Trinajstić information content (AvgIpc) is 3.10. The van der Waals surface area contributed by atoms with Crippen LogP contribution in [0.5, 0.6) is 11.5 Å². The molecule has 7 N–H and O–H groups in total. The number of ether oxygens (including phenoxy) is 1. The summed E-state index contributed by atoms with van der Waals surface area (Å²) in [6.07, 6.45) is 1.77. The number of anilines is 1. The molecule has 0 radical (unpaired) electrons. The van der Waals surface area contributed by atoms with Crippen LogP contribution in [0, 0.1) is 0 Å². The van der Waals surface area contributed by atoms with Crippen LogP contribution in [0.25, 0.3) is 10.9 Å². The molecule has 5 rings (SSSR count). The van der Waals surface area contributed by atoms with Crippen molar-refractivity contribution in [1.82, 2.24) is 10.3 Å². The molecule has 1 amide bonds. The summed E-state index contributed by atoms with van der Waals surface area (Å²) in [5.41, 5.74) is -0.667. The van der Waals surface area contributed by atoms with Gasteiger partial charge >= 0.3 is 5.97 Å². The molecule has 4 aromatic carbocycles. The number of carboxylic acid groups (broad SMARTS) is 1. The molecule has 0 saturated heterocycles. The molecule has 0 saturated carbocycles. The van der Waals surface area contributed by atoms with Gasteiger partial charge in [-0.3, -0.25) is 9.59 Å². The molecule has 1 heterocycles. The van der Waals surface area contributed by atoms with Crippen molar-refractivity contribution in [2.24, 2.45) is 0 Å². The summed E-state index contributed by atoms with van der Waals surface area (Å²) < 4.78 is 5.82. The monoisotopic (exact) mass is 651 g/mol. The van der Waals surface area contributed by atoms with Gasteiger partial charge in [0.25, 0.3) is 5.91 Å². The highest BCUT2D eigenvalue weighted by molar-refractivity contribution is 6.04. The number of fused-ring (bicyclic) bond motifs is 1. The fourth-order valence-electron chi connectivity index (χ4n) is 5.44. The molecule has 48 heavy (non-hydrogen) atoms. The van der Waals surface area contributed by atoms with E-state index in [1.165, 1.54) is 36.4 Å². The predicted molar refractivity (Wildman–Crippen MR) is 181 cm³/mol. The highest BCUT2D eigenvalue weighted by atomic mass is 16.5. The second-order valence-electron chi connectivity index (χ2n) is 11.4. The van der Waals surface area contributed by atoms with Crippen LogP contribution in [0.3, 0.4) is 0 Å². The van der Waals surface area contributed by atoms with Gasteiger partial charge in [0.2, 0.25) is 11.2 Å². The molecule has 0 bridgehead atoms. The quantitative estimate of drug-likeness (QED) is 0.0791. The van der Waals surface area contributed by atoms with Crippen molar-refractivity contribution in [3.05, 3.63) is 136 Å². The van der Waals surface area contributed by atoms with Gasteiger partial charge < -0.3 is 40.8 Å². The first-order chi connectivity index (χ1) is 23.2. The number of phenols is 1. The number of benzene rings is 4. The van der Waals surface area contributed by atoms with Crippen molar-refractivity contribution in [3.8, 4) is 11.5 Å². The summed E-state index contributed by atoms with van der Waals surface area (Å²) in [6, 6.07) is 26.9. The van der Waals surface area contributed by atoms with Crippen LogP contribution in [-0.4, -0.2) is 57.0 Å². The molecule has 248 valence electrons. The largest absolute Gasteiger partial charge is 0.506 e. The number of aromatic amines is 1. The summed E-state index contributed by atoms with van der Waals surface area (Å²) in [4.78, 5) is 39.2. The number of phenolic OH excluding ortho intramolecular Hbond substituents is 1. The standard InChI is InChI=1S/C37H37N3O8/c41-31-18-16-29(30-17-19-33(43)40-34(30)31)32(42)23-38-20-5-2-6-21-48-28-14-12-24(13-15-28)35(44)39-27-11-7-10-26(22-27)37(47,36(45)46)25-8-3-1-4-9-25/h1,3-4,7-19,22,32,38,41-42,47H,2,5-6,20-21,23H2,(H,39,44)(H,40,43)(H,45,46)/t32-,37?/m0/s1. The van der Waals surface area contributed by atoms with Crippen LogP contribution in [0.4, 0.5) is 5.69 Å². The number of aliphatic hydroxyl groups excluding tert-OH is 1. The lowest BCUT2D eigenvalue weighted by Gasteiger charge is -2.25. The molecule has 0 spiro atoms. The van der Waals surface area contributed by atoms with Gasteiger partial charge in [0, 0.05) is 34.8 Å². The van der Waals surface area contributed by atoms with E-state index in [9.17, 15) is 34.8 Å². The number of amides is 1. The number of aromatic hydroxyl groups is 1. The zero-order valence-electron chi connectivity index (χ0n) is 26.1. The predicted octanol–water partition coefficient (Wildman–Crippen LogP) is 4.68. The first kappa shape index (κ1) is 33.9. The van der Waals surface area contributed by atoms with Crippen molar-refractivity contribution in [2.75, 3.05) is 25.0 Å². The Balaban J connectivity index is 1.04. The third-order valence-electron chi connectivity index (χ3n) is 8.03. The maximum absolute atomic E-state index is 12.9. The molecule has 1 unspecified atom stereocenters. The van der Waals surface area contributed by atoms with Crippen LogP contribution in [0.15, 0.2) is 108 Å². The summed E-state index contributed by atoms with van der Waals surface area (Å²) in [5, 5.41) is 48.3. The highest BCUT2D eigenvalue weighted by Gasteiger charge is 2.40. The summed E-state index contributed by atoms with van der Waals surface area (Å²) in [5.74, 6) is -1.26. The van der Waals surface area contributed by atoms with Gasteiger partial charge in [-0.15, -0.1) is 0 Å². The Morgan fingerprint density at radius 2 is 1.60 bits per heavy atom. The maximum Gasteiger partial charge on any atom is 0.345 e. The van der Waals surface area contributed by atoms with Gasteiger partial charge in [-0.05, 0) is 85.5 Å². The topological polar surface area (TPSA) is 181 Å². The first-order valence-corrected chi connectivity index (χ1v) is 15.6. The molecule has 0 fully saturated rings. The average molecular weight is 652 g/mol.